The van der Waals surface area contributed by atoms with Crippen LogP contribution in [0.4, 0.5) is 0 Å². The number of hydrogen-bond donors (Lipinski definition) is 2. The van der Waals surface area contributed by atoms with Crippen molar-refractivity contribution >= 4 is 5.78 Å². The van der Waals surface area contributed by atoms with Crippen molar-refractivity contribution < 1.29 is 19.7 Å². The normalized spacial score (nSPS) is 57.2. The van der Waals surface area contributed by atoms with Gasteiger partial charge >= 0.3 is 0 Å². The van der Waals surface area contributed by atoms with Crippen LogP contribution in [0.1, 0.15) is 65.2 Å². The minimum absolute atomic E-state index is 0.0401. The van der Waals surface area contributed by atoms with Gasteiger partial charge in [-0.2, -0.15) is 0 Å². The van der Waals surface area contributed by atoms with E-state index in [0.29, 0.717) is 37.0 Å². The Morgan fingerprint density at radius 3 is 2.81 bits per heavy atom. The molecule has 0 aromatic heterocycles. The van der Waals surface area contributed by atoms with Crippen molar-refractivity contribution in [3.05, 3.63) is 12.2 Å². The van der Waals surface area contributed by atoms with E-state index in [1.165, 1.54) is 0 Å². The van der Waals surface area contributed by atoms with Crippen molar-refractivity contribution in [3.8, 4) is 0 Å². The van der Waals surface area contributed by atoms with E-state index in [0.717, 1.165) is 32.1 Å². The monoisotopic (exact) mass is 360 g/mol. The fourth-order valence-corrected chi connectivity index (χ4v) is 7.96. The van der Waals surface area contributed by atoms with Gasteiger partial charge in [0.2, 0.25) is 0 Å². The third kappa shape index (κ3) is 1.84. The predicted molar refractivity (Wildman–Crippen MR) is 97.4 cm³/mol. The highest BCUT2D eigenvalue weighted by atomic mass is 16.6. The van der Waals surface area contributed by atoms with E-state index >= 15 is 0 Å². The maximum absolute atomic E-state index is 12.0. The molecule has 0 amide bonds. The van der Waals surface area contributed by atoms with Crippen LogP contribution in [0.3, 0.4) is 0 Å². The Bertz CT molecular complexity index is 673. The van der Waals surface area contributed by atoms with Crippen LogP contribution in [0.5, 0.6) is 0 Å². The molecule has 5 aliphatic rings. The van der Waals surface area contributed by atoms with Gasteiger partial charge in [-0.25, -0.2) is 0 Å². The van der Waals surface area contributed by atoms with Gasteiger partial charge < -0.3 is 14.9 Å². The lowest BCUT2D eigenvalue weighted by molar-refractivity contribution is -0.131. The molecule has 0 unspecified atom stereocenters. The first-order chi connectivity index (χ1) is 12.3. The fourth-order valence-electron chi connectivity index (χ4n) is 7.96. The Kier molecular flexibility index (Phi) is 3.48. The fraction of sp³-hybridized carbons (Fsp3) is 0.864. The summed E-state index contributed by atoms with van der Waals surface area (Å²) in [5.41, 5.74) is -0.940. The smallest absolute Gasteiger partial charge is 0.155 e. The van der Waals surface area contributed by atoms with E-state index in [-0.39, 0.29) is 34.9 Å². The number of aliphatic hydroxyl groups excluding tert-OH is 1. The van der Waals surface area contributed by atoms with Gasteiger partial charge in [0.1, 0.15) is 5.60 Å². The molecule has 26 heavy (non-hydrogen) atoms. The highest BCUT2D eigenvalue weighted by Gasteiger charge is 2.80. The first-order valence-electron chi connectivity index (χ1n) is 10.5. The number of epoxide rings is 1. The summed E-state index contributed by atoms with van der Waals surface area (Å²) in [6.45, 7) is 4.75. The Morgan fingerprint density at radius 1 is 1.23 bits per heavy atom. The minimum atomic E-state index is -0.672. The van der Waals surface area contributed by atoms with E-state index in [2.05, 4.69) is 19.9 Å². The number of rotatable bonds is 3. The lowest BCUT2D eigenvalue weighted by atomic mass is 9.45. The SMILES string of the molecule is C[C@]12C=CC(=O)C[C@@H]1CC[C@H]1[C@@H]3CC[C@@](O)(CCCO)[C@@]3(C)C[C@H]3O[C@]312. The summed E-state index contributed by atoms with van der Waals surface area (Å²) in [6.07, 6.45) is 11.2. The molecule has 4 aliphatic carbocycles. The molecule has 5 rings (SSSR count). The molecule has 1 saturated heterocycles. The van der Waals surface area contributed by atoms with Crippen LogP contribution >= 0.6 is 0 Å². The van der Waals surface area contributed by atoms with Gasteiger partial charge in [0.15, 0.2) is 5.78 Å². The van der Waals surface area contributed by atoms with Gasteiger partial charge in [-0.3, -0.25) is 4.79 Å². The zero-order valence-electron chi connectivity index (χ0n) is 16.0. The second-order valence-corrected chi connectivity index (χ2v) is 10.2. The largest absolute Gasteiger partial charge is 0.396 e. The number of ketones is 1. The molecule has 144 valence electrons. The molecule has 4 nitrogen and oxygen atoms in total. The number of fused-ring (bicyclic) bond motifs is 3. The minimum Gasteiger partial charge on any atom is -0.396 e. The van der Waals surface area contributed by atoms with Crippen LogP contribution in [0.2, 0.25) is 0 Å². The van der Waals surface area contributed by atoms with E-state index in [1.807, 2.05) is 0 Å². The van der Waals surface area contributed by atoms with Crippen molar-refractivity contribution in [1.82, 2.24) is 0 Å². The Morgan fingerprint density at radius 2 is 2.04 bits per heavy atom. The summed E-state index contributed by atoms with van der Waals surface area (Å²) in [7, 11) is 0. The summed E-state index contributed by atoms with van der Waals surface area (Å²) in [6, 6.07) is 0. The maximum atomic E-state index is 12.0. The number of aliphatic hydroxyl groups is 2. The quantitative estimate of drug-likeness (QED) is 0.759. The average molecular weight is 360 g/mol. The Balaban J connectivity index is 1.51. The number of carbonyl (C=O) groups excluding carboxylic acids is 1. The summed E-state index contributed by atoms with van der Waals surface area (Å²) < 4.78 is 6.55. The van der Waals surface area contributed by atoms with Crippen molar-refractivity contribution in [1.29, 1.82) is 0 Å². The molecule has 3 saturated carbocycles. The van der Waals surface area contributed by atoms with Crippen molar-refractivity contribution in [3.63, 3.8) is 0 Å². The number of ether oxygens (including phenoxy) is 1. The molecule has 0 aromatic carbocycles. The van der Waals surface area contributed by atoms with Gasteiger partial charge in [0.05, 0.1) is 11.7 Å². The average Bonchev–Trinajstić information content (AvgIpc) is 3.26. The Labute approximate surface area is 156 Å². The molecule has 0 radical (unpaired) electrons. The van der Waals surface area contributed by atoms with Gasteiger partial charge in [-0.1, -0.05) is 19.9 Å². The second-order valence-electron chi connectivity index (χ2n) is 10.2. The molecular formula is C22H32O4. The predicted octanol–water partition coefficient (Wildman–Crippen LogP) is 3.01. The summed E-state index contributed by atoms with van der Waals surface area (Å²) in [5, 5.41) is 20.8. The van der Waals surface area contributed by atoms with Gasteiger partial charge in [0, 0.05) is 23.9 Å². The summed E-state index contributed by atoms with van der Waals surface area (Å²) in [4.78, 5) is 12.0. The maximum Gasteiger partial charge on any atom is 0.155 e. The third-order valence-corrected chi connectivity index (χ3v) is 9.48. The standard InChI is InChI=1S/C22H32O4/c1-19-9-6-15(24)12-14(19)4-5-17-16-7-10-21(25,8-3-11-23)20(16,2)13-18-22(17,19)26-18/h6,9,14,16-18,23,25H,3-5,7-8,10-13H2,1-2H3/t14-,16-,17-,18+,19-,20-,21-,22-/m0/s1. The molecule has 1 aliphatic heterocycles. The van der Waals surface area contributed by atoms with Crippen molar-refractivity contribution in [2.45, 2.75) is 82.5 Å². The molecule has 4 fully saturated rings. The van der Waals surface area contributed by atoms with Crippen LogP contribution < -0.4 is 0 Å². The molecule has 8 atom stereocenters. The topological polar surface area (TPSA) is 70.1 Å². The van der Waals surface area contributed by atoms with Crippen LogP contribution in [0, 0.1) is 28.6 Å². The lowest BCUT2D eigenvalue weighted by Gasteiger charge is -2.57. The van der Waals surface area contributed by atoms with Gasteiger partial charge in [-0.05, 0) is 68.8 Å². The van der Waals surface area contributed by atoms with Crippen LogP contribution in [-0.4, -0.2) is 39.9 Å². The zero-order valence-corrected chi connectivity index (χ0v) is 16.0. The number of allylic oxidation sites excluding steroid dienone is 1. The van der Waals surface area contributed by atoms with Crippen molar-refractivity contribution in [2.75, 3.05) is 6.61 Å². The Hall–Kier alpha value is -0.710. The van der Waals surface area contributed by atoms with Crippen LogP contribution in [0.25, 0.3) is 0 Å². The molecule has 4 heteroatoms. The van der Waals surface area contributed by atoms with Crippen LogP contribution in [-0.2, 0) is 9.53 Å². The van der Waals surface area contributed by atoms with E-state index in [4.69, 9.17) is 4.74 Å². The highest BCUT2D eigenvalue weighted by Crippen LogP contribution is 2.76. The summed E-state index contributed by atoms with van der Waals surface area (Å²) >= 11 is 0. The van der Waals surface area contributed by atoms with E-state index in [9.17, 15) is 15.0 Å². The first-order valence-corrected chi connectivity index (χ1v) is 10.5. The summed E-state index contributed by atoms with van der Waals surface area (Å²) in [5.74, 6) is 1.63. The number of hydrogen-bond acceptors (Lipinski definition) is 4. The molecular weight excluding hydrogens is 328 g/mol. The van der Waals surface area contributed by atoms with Gasteiger partial charge in [0.25, 0.3) is 0 Å². The molecule has 1 heterocycles. The third-order valence-electron chi connectivity index (χ3n) is 9.48. The first kappa shape index (κ1) is 17.4. The van der Waals surface area contributed by atoms with E-state index in [1.54, 1.807) is 6.08 Å². The number of carbonyl (C=O) groups is 1. The van der Waals surface area contributed by atoms with Crippen LogP contribution in [0.15, 0.2) is 12.2 Å². The zero-order chi connectivity index (χ0) is 18.4. The molecule has 0 aromatic rings. The molecule has 1 spiro atoms. The molecule has 2 N–H and O–H groups in total. The van der Waals surface area contributed by atoms with Gasteiger partial charge in [-0.15, -0.1) is 0 Å². The second kappa shape index (κ2) is 5.21. The highest BCUT2D eigenvalue weighted by molar-refractivity contribution is 5.91. The molecule has 0 bridgehead atoms. The van der Waals surface area contributed by atoms with E-state index < -0.39 is 5.60 Å². The lowest BCUT2D eigenvalue weighted by Crippen LogP contribution is -2.61. The van der Waals surface area contributed by atoms with Crippen molar-refractivity contribution in [2.24, 2.45) is 28.6 Å².